The lowest BCUT2D eigenvalue weighted by Crippen LogP contribution is -2.48. The maximum Gasteiger partial charge on any atom is 0.244 e. The number of pyridine rings is 1. The molecule has 0 amide bonds. The van der Waals surface area contributed by atoms with E-state index in [2.05, 4.69) is 4.98 Å². The van der Waals surface area contributed by atoms with Crippen LogP contribution in [0.2, 0.25) is 0 Å². The van der Waals surface area contributed by atoms with E-state index in [0.717, 1.165) is 12.0 Å². The molecule has 0 radical (unpaired) electrons. The molecule has 2 aromatic rings. The Bertz CT molecular complexity index is 841. The fraction of sp³-hybridized carbons (Fsp3) is 0.471. The number of hydrogen-bond acceptors (Lipinski definition) is 4. The molecule has 124 valence electrons. The maximum atomic E-state index is 13.2. The smallest absolute Gasteiger partial charge is 0.244 e. The van der Waals surface area contributed by atoms with Crippen molar-refractivity contribution in [3.63, 3.8) is 0 Å². The third-order valence-electron chi connectivity index (χ3n) is 4.54. The Morgan fingerprint density at radius 1 is 1.30 bits per heavy atom. The zero-order chi connectivity index (χ0) is 16.8. The van der Waals surface area contributed by atoms with E-state index >= 15 is 0 Å². The highest BCUT2D eigenvalue weighted by atomic mass is 32.2. The van der Waals surface area contributed by atoms with Gasteiger partial charge in [-0.1, -0.05) is 6.07 Å². The van der Waals surface area contributed by atoms with Crippen molar-refractivity contribution in [1.82, 2.24) is 9.29 Å². The summed E-state index contributed by atoms with van der Waals surface area (Å²) in [5, 5.41) is 11.0. The number of aromatic nitrogens is 1. The third-order valence-corrected chi connectivity index (χ3v) is 6.50. The number of nitrogens with zero attached hydrogens (tertiary/aromatic N) is 2. The quantitative estimate of drug-likeness (QED) is 0.936. The van der Waals surface area contributed by atoms with Gasteiger partial charge < -0.3 is 5.11 Å². The van der Waals surface area contributed by atoms with Crippen molar-refractivity contribution in [2.45, 2.75) is 50.2 Å². The molecule has 1 aliphatic heterocycles. The average molecular weight is 334 g/mol. The molecule has 0 aliphatic carbocycles. The highest BCUT2D eigenvalue weighted by molar-refractivity contribution is 7.89. The molecule has 1 unspecified atom stereocenters. The number of fused-ring (bicyclic) bond motifs is 1. The van der Waals surface area contributed by atoms with E-state index in [1.54, 1.807) is 44.3 Å². The van der Waals surface area contributed by atoms with E-state index in [-0.39, 0.29) is 4.90 Å². The first-order chi connectivity index (χ1) is 10.7. The molecule has 0 bridgehead atoms. The predicted octanol–water partition coefficient (Wildman–Crippen LogP) is 2.47. The summed E-state index contributed by atoms with van der Waals surface area (Å²) in [5.41, 5.74) is 0.579. The van der Waals surface area contributed by atoms with Crippen LogP contribution in [-0.4, -0.2) is 41.0 Å². The van der Waals surface area contributed by atoms with Gasteiger partial charge in [-0.25, -0.2) is 8.42 Å². The molecule has 0 saturated carbocycles. The van der Waals surface area contributed by atoms with Crippen LogP contribution in [0.4, 0.5) is 0 Å². The van der Waals surface area contributed by atoms with E-state index in [1.165, 1.54) is 4.31 Å². The molecule has 23 heavy (non-hydrogen) atoms. The number of aryl methyl sites for hydroxylation is 1. The Morgan fingerprint density at radius 2 is 2.04 bits per heavy atom. The second kappa shape index (κ2) is 5.54. The highest BCUT2D eigenvalue weighted by Gasteiger charge is 2.43. The van der Waals surface area contributed by atoms with Crippen LogP contribution in [0.1, 0.15) is 32.3 Å². The van der Waals surface area contributed by atoms with E-state index in [1.807, 2.05) is 6.92 Å². The Labute approximate surface area is 137 Å². The first-order valence-electron chi connectivity index (χ1n) is 7.81. The van der Waals surface area contributed by atoms with Crippen molar-refractivity contribution < 1.29 is 13.5 Å². The van der Waals surface area contributed by atoms with Gasteiger partial charge in [-0.05, 0) is 57.4 Å². The van der Waals surface area contributed by atoms with Gasteiger partial charge in [0, 0.05) is 18.1 Å². The third kappa shape index (κ3) is 2.75. The van der Waals surface area contributed by atoms with Gasteiger partial charge in [-0.15, -0.1) is 0 Å². The molecule has 6 heteroatoms. The molecule has 1 saturated heterocycles. The summed E-state index contributed by atoms with van der Waals surface area (Å²) in [7, 11) is -3.68. The molecular formula is C17H22N2O3S. The van der Waals surface area contributed by atoms with Crippen LogP contribution in [0.5, 0.6) is 0 Å². The van der Waals surface area contributed by atoms with E-state index in [4.69, 9.17) is 0 Å². The molecule has 3 rings (SSSR count). The van der Waals surface area contributed by atoms with Crippen LogP contribution in [-0.2, 0) is 10.0 Å². The average Bonchev–Trinajstić information content (AvgIpc) is 2.98. The highest BCUT2D eigenvalue weighted by Crippen LogP contribution is 2.34. The van der Waals surface area contributed by atoms with E-state index < -0.39 is 21.7 Å². The van der Waals surface area contributed by atoms with Gasteiger partial charge in [-0.2, -0.15) is 4.31 Å². The summed E-state index contributed by atoms with van der Waals surface area (Å²) in [4.78, 5) is 4.58. The Balaban J connectivity index is 2.16. The first kappa shape index (κ1) is 16.4. The van der Waals surface area contributed by atoms with Gasteiger partial charge in [0.05, 0.1) is 22.1 Å². The van der Waals surface area contributed by atoms with Gasteiger partial charge in [0.15, 0.2) is 0 Å². The SMILES string of the molecule is Cc1ccc(S(=O)(=O)N2CCCC2C(C)(C)O)c2cccnc12. The van der Waals surface area contributed by atoms with Crippen molar-refractivity contribution in [2.24, 2.45) is 0 Å². The minimum atomic E-state index is -3.68. The van der Waals surface area contributed by atoms with Crippen LogP contribution >= 0.6 is 0 Å². The number of aliphatic hydroxyl groups is 1. The number of benzene rings is 1. The molecule has 1 aromatic heterocycles. The molecule has 1 N–H and O–H groups in total. The fourth-order valence-corrected chi connectivity index (χ4v) is 5.38. The minimum Gasteiger partial charge on any atom is -0.389 e. The van der Waals surface area contributed by atoms with Crippen LogP contribution in [0.3, 0.4) is 0 Å². The number of sulfonamides is 1. The largest absolute Gasteiger partial charge is 0.389 e. The van der Waals surface area contributed by atoms with Crippen LogP contribution in [0, 0.1) is 6.92 Å². The maximum absolute atomic E-state index is 13.2. The van der Waals surface area contributed by atoms with Crippen molar-refractivity contribution in [2.75, 3.05) is 6.54 Å². The molecule has 1 aliphatic rings. The summed E-state index contributed by atoms with van der Waals surface area (Å²) in [6.45, 7) is 5.69. The Morgan fingerprint density at radius 3 is 2.74 bits per heavy atom. The number of rotatable bonds is 3. The van der Waals surface area contributed by atoms with Crippen LogP contribution in [0.25, 0.3) is 10.9 Å². The zero-order valence-corrected chi connectivity index (χ0v) is 14.5. The van der Waals surface area contributed by atoms with E-state index in [0.29, 0.717) is 23.9 Å². The van der Waals surface area contributed by atoms with Gasteiger partial charge in [0.25, 0.3) is 0 Å². The van der Waals surface area contributed by atoms with Crippen LogP contribution in [0.15, 0.2) is 35.4 Å². The molecule has 1 atom stereocenters. The predicted molar refractivity (Wildman–Crippen MR) is 89.7 cm³/mol. The minimum absolute atomic E-state index is 0.266. The molecule has 5 nitrogen and oxygen atoms in total. The summed E-state index contributed by atoms with van der Waals surface area (Å²) >= 11 is 0. The molecule has 2 heterocycles. The molecule has 1 aromatic carbocycles. The summed E-state index contributed by atoms with van der Waals surface area (Å²) in [6.07, 6.45) is 3.10. The van der Waals surface area contributed by atoms with Crippen LogP contribution < -0.4 is 0 Å². The molecule has 0 spiro atoms. The van der Waals surface area contributed by atoms with Crippen molar-refractivity contribution in [3.8, 4) is 0 Å². The van der Waals surface area contributed by atoms with Crippen molar-refractivity contribution >= 4 is 20.9 Å². The Kier molecular flexibility index (Phi) is 3.94. The van der Waals surface area contributed by atoms with Gasteiger partial charge in [-0.3, -0.25) is 4.98 Å². The van der Waals surface area contributed by atoms with Gasteiger partial charge in [0.1, 0.15) is 0 Å². The van der Waals surface area contributed by atoms with Gasteiger partial charge in [0.2, 0.25) is 10.0 Å². The van der Waals surface area contributed by atoms with Crippen molar-refractivity contribution in [3.05, 3.63) is 36.0 Å². The summed E-state index contributed by atoms with van der Waals surface area (Å²) in [5.74, 6) is 0. The lowest BCUT2D eigenvalue weighted by Gasteiger charge is -2.33. The lowest BCUT2D eigenvalue weighted by atomic mass is 9.98. The summed E-state index contributed by atoms with van der Waals surface area (Å²) < 4.78 is 27.9. The zero-order valence-electron chi connectivity index (χ0n) is 13.7. The van der Waals surface area contributed by atoms with E-state index in [9.17, 15) is 13.5 Å². The lowest BCUT2D eigenvalue weighted by molar-refractivity contribution is 0.0215. The second-order valence-corrected chi connectivity index (χ2v) is 8.57. The normalized spacial score (nSPS) is 20.3. The fourth-order valence-electron chi connectivity index (χ4n) is 3.37. The first-order valence-corrected chi connectivity index (χ1v) is 9.25. The molecule has 1 fully saturated rings. The topological polar surface area (TPSA) is 70.5 Å². The second-order valence-electron chi connectivity index (χ2n) is 6.71. The summed E-state index contributed by atoms with van der Waals surface area (Å²) in [6, 6.07) is 6.57. The van der Waals surface area contributed by atoms with Gasteiger partial charge >= 0.3 is 0 Å². The Hall–Kier alpha value is -1.50. The molecular weight excluding hydrogens is 312 g/mol. The van der Waals surface area contributed by atoms with Crippen molar-refractivity contribution in [1.29, 1.82) is 0 Å². The standard InChI is InChI=1S/C17H22N2O3S/c1-12-8-9-14(13-6-4-10-18-16(12)13)23(21,22)19-11-5-7-15(19)17(2,3)20/h4,6,8-10,15,20H,5,7,11H2,1-3H3. The monoisotopic (exact) mass is 334 g/mol. The number of hydrogen-bond donors (Lipinski definition) is 1.